The van der Waals surface area contributed by atoms with E-state index in [1.54, 1.807) is 6.92 Å². The van der Waals surface area contributed by atoms with Crippen LogP contribution >= 0.6 is 11.6 Å². The van der Waals surface area contributed by atoms with Gasteiger partial charge in [0.05, 0.1) is 33.8 Å². The number of hydrogen-bond donors (Lipinski definition) is 2. The lowest BCUT2D eigenvalue weighted by molar-refractivity contribution is -0.393. The molecule has 0 spiro atoms. The molecule has 11 heteroatoms. The van der Waals surface area contributed by atoms with Gasteiger partial charge in [-0.15, -0.1) is 0 Å². The van der Waals surface area contributed by atoms with E-state index in [0.29, 0.717) is 12.2 Å². The van der Waals surface area contributed by atoms with Gasteiger partial charge < -0.3 is 9.84 Å². The van der Waals surface area contributed by atoms with Crippen LogP contribution in [0.1, 0.15) is 12.5 Å². The number of hydrogen-bond acceptors (Lipinski definition) is 8. The number of phenols is 1. The Kier molecular flexibility index (Phi) is 5.91. The molecular formula is C15H13ClN4O6. The van der Waals surface area contributed by atoms with E-state index < -0.39 is 21.2 Å². The molecule has 0 saturated heterocycles. The molecule has 0 bridgehead atoms. The number of phenolic OH excluding ortho intramolecular Hbond substituents is 1. The van der Waals surface area contributed by atoms with Crippen LogP contribution in [0, 0.1) is 20.2 Å². The predicted octanol–water partition coefficient (Wildman–Crippen LogP) is 3.71. The van der Waals surface area contributed by atoms with Crippen LogP contribution in [0.25, 0.3) is 0 Å². The van der Waals surface area contributed by atoms with Crippen molar-refractivity contribution in [3.63, 3.8) is 0 Å². The maximum atomic E-state index is 11.1. The second-order valence-electron chi connectivity index (χ2n) is 4.87. The van der Waals surface area contributed by atoms with E-state index in [9.17, 15) is 25.3 Å². The molecule has 10 nitrogen and oxygen atoms in total. The molecule has 26 heavy (non-hydrogen) atoms. The average Bonchev–Trinajstić information content (AvgIpc) is 2.59. The number of nitrogens with zero attached hydrogens (tertiary/aromatic N) is 3. The molecule has 2 rings (SSSR count). The van der Waals surface area contributed by atoms with Crippen LogP contribution in [0.5, 0.6) is 11.5 Å². The summed E-state index contributed by atoms with van der Waals surface area (Å²) in [7, 11) is 0. The first-order chi connectivity index (χ1) is 12.3. The zero-order valence-electron chi connectivity index (χ0n) is 13.4. The third kappa shape index (κ3) is 4.36. The number of hydrazone groups is 1. The van der Waals surface area contributed by atoms with Crippen molar-refractivity contribution in [2.45, 2.75) is 6.92 Å². The van der Waals surface area contributed by atoms with Crippen LogP contribution < -0.4 is 10.2 Å². The van der Waals surface area contributed by atoms with E-state index in [-0.39, 0.29) is 22.2 Å². The molecule has 0 heterocycles. The Morgan fingerprint density at radius 3 is 2.62 bits per heavy atom. The van der Waals surface area contributed by atoms with Gasteiger partial charge in [-0.1, -0.05) is 11.6 Å². The number of rotatable bonds is 7. The summed E-state index contributed by atoms with van der Waals surface area (Å²) in [6, 6.07) is 6.05. The van der Waals surface area contributed by atoms with E-state index >= 15 is 0 Å². The molecule has 0 amide bonds. The first-order valence-corrected chi connectivity index (χ1v) is 7.58. The van der Waals surface area contributed by atoms with Crippen LogP contribution in [-0.2, 0) is 0 Å². The van der Waals surface area contributed by atoms with Crippen molar-refractivity contribution in [1.82, 2.24) is 0 Å². The number of nitro groups is 2. The Labute approximate surface area is 152 Å². The highest BCUT2D eigenvalue weighted by Gasteiger charge is 2.19. The summed E-state index contributed by atoms with van der Waals surface area (Å²) in [5, 5.41) is 35.5. The summed E-state index contributed by atoms with van der Waals surface area (Å²) in [4.78, 5) is 20.3. The van der Waals surface area contributed by atoms with Crippen molar-refractivity contribution in [1.29, 1.82) is 0 Å². The minimum atomic E-state index is -0.754. The van der Waals surface area contributed by atoms with E-state index in [0.717, 1.165) is 12.1 Å². The molecule has 2 aromatic carbocycles. The molecule has 136 valence electrons. The maximum absolute atomic E-state index is 11.1. The maximum Gasteiger partial charge on any atom is 0.301 e. The fraction of sp³-hybridized carbons (Fsp3) is 0.133. The number of benzene rings is 2. The lowest BCUT2D eigenvalue weighted by atomic mass is 10.2. The quantitative estimate of drug-likeness (QED) is 0.423. The zero-order chi connectivity index (χ0) is 19.3. The van der Waals surface area contributed by atoms with Crippen molar-refractivity contribution in [3.8, 4) is 11.5 Å². The van der Waals surface area contributed by atoms with Crippen LogP contribution in [-0.4, -0.2) is 27.8 Å². The summed E-state index contributed by atoms with van der Waals surface area (Å²) in [5.41, 5.74) is 2.00. The summed E-state index contributed by atoms with van der Waals surface area (Å²) in [6.07, 6.45) is 1.30. The minimum absolute atomic E-state index is 0.0215. The van der Waals surface area contributed by atoms with Crippen molar-refractivity contribution < 1.29 is 19.7 Å². The lowest BCUT2D eigenvalue weighted by Crippen LogP contribution is -1.99. The predicted molar refractivity (Wildman–Crippen MR) is 95.3 cm³/mol. The number of nitrogens with one attached hydrogen (secondary N) is 1. The summed E-state index contributed by atoms with van der Waals surface area (Å²) in [5.74, 6) is -0.0348. The highest BCUT2D eigenvalue weighted by atomic mass is 35.5. The summed E-state index contributed by atoms with van der Waals surface area (Å²) < 4.78 is 5.24. The van der Waals surface area contributed by atoms with E-state index in [1.807, 2.05) is 0 Å². The zero-order valence-corrected chi connectivity index (χ0v) is 14.1. The monoisotopic (exact) mass is 380 g/mol. The smallest absolute Gasteiger partial charge is 0.301 e. The van der Waals surface area contributed by atoms with Gasteiger partial charge in [-0.3, -0.25) is 25.7 Å². The normalized spacial score (nSPS) is 10.7. The van der Waals surface area contributed by atoms with Crippen molar-refractivity contribution in [2.24, 2.45) is 5.10 Å². The molecule has 0 fully saturated rings. The summed E-state index contributed by atoms with van der Waals surface area (Å²) >= 11 is 5.90. The Morgan fingerprint density at radius 1 is 1.27 bits per heavy atom. The Balaban J connectivity index is 2.26. The number of anilines is 1. The fourth-order valence-electron chi connectivity index (χ4n) is 1.99. The third-order valence-electron chi connectivity index (χ3n) is 3.14. The number of ether oxygens (including phenoxy) is 1. The van der Waals surface area contributed by atoms with Gasteiger partial charge in [-0.25, -0.2) is 0 Å². The molecule has 0 atom stereocenters. The van der Waals surface area contributed by atoms with Gasteiger partial charge in [0.1, 0.15) is 5.69 Å². The fourth-order valence-corrected chi connectivity index (χ4v) is 2.21. The van der Waals surface area contributed by atoms with Crippen LogP contribution in [0.3, 0.4) is 0 Å². The molecule has 0 aliphatic carbocycles. The van der Waals surface area contributed by atoms with Crippen molar-refractivity contribution in [3.05, 3.63) is 61.1 Å². The number of nitro benzene ring substituents is 2. The Morgan fingerprint density at radius 2 is 2.00 bits per heavy atom. The largest absolute Gasteiger partial charge is 0.503 e. The Hall–Kier alpha value is -3.40. The van der Waals surface area contributed by atoms with E-state index in [1.165, 1.54) is 24.4 Å². The molecule has 0 unspecified atom stereocenters. The van der Waals surface area contributed by atoms with E-state index in [4.69, 9.17) is 16.3 Å². The molecule has 0 radical (unpaired) electrons. The molecule has 0 aliphatic heterocycles. The third-order valence-corrected chi connectivity index (χ3v) is 3.43. The molecule has 0 aromatic heterocycles. The van der Waals surface area contributed by atoms with Crippen LogP contribution in [0.4, 0.5) is 17.1 Å². The molecule has 2 aromatic rings. The van der Waals surface area contributed by atoms with Crippen LogP contribution in [0.15, 0.2) is 35.4 Å². The van der Waals surface area contributed by atoms with Gasteiger partial charge in [0.2, 0.25) is 0 Å². The Bertz CT molecular complexity index is 887. The number of aromatic hydroxyl groups is 1. The second kappa shape index (κ2) is 8.12. The molecule has 0 aliphatic rings. The highest BCUT2D eigenvalue weighted by Crippen LogP contribution is 2.35. The van der Waals surface area contributed by atoms with Gasteiger partial charge in [-0.2, -0.15) is 5.10 Å². The number of halogens is 1. The van der Waals surface area contributed by atoms with Crippen molar-refractivity contribution in [2.75, 3.05) is 12.0 Å². The summed E-state index contributed by atoms with van der Waals surface area (Å²) in [6.45, 7) is 2.06. The first kappa shape index (κ1) is 18.9. The van der Waals surface area contributed by atoms with Crippen molar-refractivity contribution >= 4 is 34.9 Å². The second-order valence-corrected chi connectivity index (χ2v) is 5.28. The molecule has 0 saturated carbocycles. The number of non-ortho nitro benzene ring substituents is 1. The molecule has 2 N–H and O–H groups in total. The molecular weight excluding hydrogens is 368 g/mol. The van der Waals surface area contributed by atoms with Gasteiger partial charge in [-0.05, 0) is 30.7 Å². The minimum Gasteiger partial charge on any atom is -0.503 e. The topological polar surface area (TPSA) is 140 Å². The SMILES string of the molecule is CCOc1cc(/C=N/Nc2ccc([N+](=O)[O-])cc2[N+](=O)[O-])cc(Cl)c1O. The first-order valence-electron chi connectivity index (χ1n) is 7.20. The van der Waals surface area contributed by atoms with Gasteiger partial charge in [0, 0.05) is 6.07 Å². The highest BCUT2D eigenvalue weighted by molar-refractivity contribution is 6.32. The van der Waals surface area contributed by atoms with Gasteiger partial charge in [0.25, 0.3) is 5.69 Å². The average molecular weight is 381 g/mol. The van der Waals surface area contributed by atoms with Crippen LogP contribution in [0.2, 0.25) is 5.02 Å². The van der Waals surface area contributed by atoms with Gasteiger partial charge in [0.15, 0.2) is 11.5 Å². The van der Waals surface area contributed by atoms with E-state index in [2.05, 4.69) is 10.5 Å². The standard InChI is InChI=1S/C15H13ClN4O6/c1-2-26-14-6-9(5-11(16)15(14)21)8-17-18-12-4-3-10(19(22)23)7-13(12)20(24)25/h3-8,18,21H,2H2,1H3/b17-8+. The lowest BCUT2D eigenvalue weighted by Gasteiger charge is -2.08. The van der Waals surface area contributed by atoms with Gasteiger partial charge >= 0.3 is 5.69 Å².